The molecule has 0 radical (unpaired) electrons. The van der Waals surface area contributed by atoms with Gasteiger partial charge in [0.05, 0.1) is 6.10 Å². The second-order valence-corrected chi connectivity index (χ2v) is 4.50. The Morgan fingerprint density at radius 3 is 3.06 bits per heavy atom. The Balaban J connectivity index is 1.74. The van der Waals surface area contributed by atoms with Gasteiger partial charge < -0.3 is 16.2 Å². The molecule has 1 fully saturated rings. The van der Waals surface area contributed by atoms with Crippen molar-refractivity contribution in [2.75, 3.05) is 12.3 Å². The molecule has 6 nitrogen and oxygen atoms in total. The number of nitrogen functional groups attached to an aromatic ring is 1. The number of aromatic nitrogens is 2. The van der Waals surface area contributed by atoms with E-state index in [-0.39, 0.29) is 24.5 Å². The average Bonchev–Trinajstić information content (AvgIpc) is 2.85. The predicted molar refractivity (Wildman–Crippen MR) is 63.0 cm³/mol. The molecule has 2 atom stereocenters. The zero-order valence-electron chi connectivity index (χ0n) is 9.67. The Morgan fingerprint density at radius 1 is 1.65 bits per heavy atom. The van der Waals surface area contributed by atoms with Gasteiger partial charge in [-0.1, -0.05) is 6.42 Å². The number of carbonyl (C=O) groups is 1. The molecular formula is C11H18N4O2. The summed E-state index contributed by atoms with van der Waals surface area (Å²) in [7, 11) is 0. The number of nitrogens with zero attached hydrogens (tertiary/aromatic N) is 2. The number of aliphatic hydroxyl groups is 1. The van der Waals surface area contributed by atoms with Gasteiger partial charge in [0.25, 0.3) is 0 Å². The summed E-state index contributed by atoms with van der Waals surface area (Å²) in [6, 6.07) is 1.65. The van der Waals surface area contributed by atoms with E-state index in [2.05, 4.69) is 10.4 Å². The van der Waals surface area contributed by atoms with E-state index in [0.29, 0.717) is 12.4 Å². The highest BCUT2D eigenvalue weighted by Crippen LogP contribution is 2.24. The molecule has 1 heterocycles. The lowest BCUT2D eigenvalue weighted by molar-refractivity contribution is -0.122. The number of carbonyl (C=O) groups excluding carboxylic acids is 1. The van der Waals surface area contributed by atoms with Crippen molar-refractivity contribution in [2.45, 2.75) is 31.9 Å². The second-order valence-electron chi connectivity index (χ2n) is 4.50. The normalized spacial score (nSPS) is 23.8. The first kappa shape index (κ1) is 11.9. The molecule has 0 spiro atoms. The van der Waals surface area contributed by atoms with Crippen LogP contribution in [-0.4, -0.2) is 33.4 Å². The van der Waals surface area contributed by atoms with Crippen LogP contribution in [-0.2, 0) is 11.3 Å². The maximum absolute atomic E-state index is 11.6. The molecule has 4 N–H and O–H groups in total. The van der Waals surface area contributed by atoms with E-state index in [1.54, 1.807) is 12.3 Å². The molecule has 1 aliphatic rings. The summed E-state index contributed by atoms with van der Waals surface area (Å²) in [6.07, 6.45) is 4.26. The number of nitrogens with one attached hydrogen (secondary N) is 1. The molecule has 0 aromatic carbocycles. The van der Waals surface area contributed by atoms with Crippen molar-refractivity contribution >= 4 is 11.7 Å². The Kier molecular flexibility index (Phi) is 3.63. The molecule has 0 bridgehead atoms. The van der Waals surface area contributed by atoms with Gasteiger partial charge in [-0.05, 0) is 18.9 Å². The first-order valence-electron chi connectivity index (χ1n) is 5.89. The zero-order valence-corrected chi connectivity index (χ0v) is 9.67. The molecule has 0 saturated heterocycles. The van der Waals surface area contributed by atoms with Crippen LogP contribution in [0.15, 0.2) is 12.3 Å². The highest BCUT2D eigenvalue weighted by molar-refractivity contribution is 5.75. The first-order chi connectivity index (χ1) is 8.15. The fourth-order valence-electron chi connectivity index (χ4n) is 2.17. The van der Waals surface area contributed by atoms with Crippen LogP contribution in [0.2, 0.25) is 0 Å². The zero-order chi connectivity index (χ0) is 12.3. The molecule has 1 aliphatic carbocycles. The Bertz CT molecular complexity index is 391. The summed E-state index contributed by atoms with van der Waals surface area (Å²) >= 11 is 0. The smallest absolute Gasteiger partial charge is 0.241 e. The highest BCUT2D eigenvalue weighted by Gasteiger charge is 2.25. The van der Waals surface area contributed by atoms with Crippen molar-refractivity contribution in [3.63, 3.8) is 0 Å². The van der Waals surface area contributed by atoms with Gasteiger partial charge in [0.15, 0.2) is 0 Å². The van der Waals surface area contributed by atoms with Gasteiger partial charge in [0.1, 0.15) is 12.4 Å². The van der Waals surface area contributed by atoms with Gasteiger partial charge >= 0.3 is 0 Å². The minimum absolute atomic E-state index is 0.104. The number of aliphatic hydroxyl groups excluding tert-OH is 1. The van der Waals surface area contributed by atoms with Gasteiger partial charge in [0, 0.05) is 18.7 Å². The van der Waals surface area contributed by atoms with Gasteiger partial charge in [-0.3, -0.25) is 9.48 Å². The number of anilines is 1. The maximum atomic E-state index is 11.6. The van der Waals surface area contributed by atoms with Gasteiger partial charge in [-0.25, -0.2) is 0 Å². The molecule has 1 amide bonds. The van der Waals surface area contributed by atoms with Crippen molar-refractivity contribution in [2.24, 2.45) is 5.92 Å². The van der Waals surface area contributed by atoms with Crippen molar-refractivity contribution in [1.29, 1.82) is 0 Å². The van der Waals surface area contributed by atoms with Crippen molar-refractivity contribution in [1.82, 2.24) is 15.1 Å². The lowest BCUT2D eigenvalue weighted by Crippen LogP contribution is -2.34. The van der Waals surface area contributed by atoms with Gasteiger partial charge in [-0.15, -0.1) is 0 Å². The van der Waals surface area contributed by atoms with E-state index < -0.39 is 0 Å². The number of rotatable bonds is 4. The van der Waals surface area contributed by atoms with Crippen LogP contribution in [0.3, 0.4) is 0 Å². The van der Waals surface area contributed by atoms with Crippen LogP contribution in [0.4, 0.5) is 5.82 Å². The fourth-order valence-corrected chi connectivity index (χ4v) is 2.17. The molecule has 94 valence electrons. The standard InChI is InChI=1S/C11H18N4O2/c12-10-4-5-15(14-10)7-11(17)13-6-8-2-1-3-9(8)16/h4-5,8-9,16H,1-3,6-7H2,(H2,12,14)(H,13,17). The van der Waals surface area contributed by atoms with Crippen molar-refractivity contribution < 1.29 is 9.90 Å². The minimum atomic E-state index is -0.268. The SMILES string of the molecule is Nc1ccn(CC(=O)NCC2CCCC2O)n1. The van der Waals surface area contributed by atoms with E-state index in [1.807, 2.05) is 0 Å². The summed E-state index contributed by atoms with van der Waals surface area (Å²) in [5.41, 5.74) is 5.45. The molecule has 1 aromatic heterocycles. The molecule has 2 unspecified atom stereocenters. The predicted octanol–water partition coefficient (Wildman–Crippen LogP) is -0.258. The third-order valence-electron chi connectivity index (χ3n) is 3.15. The quantitative estimate of drug-likeness (QED) is 0.674. The van der Waals surface area contributed by atoms with Gasteiger partial charge in [-0.2, -0.15) is 5.10 Å². The minimum Gasteiger partial charge on any atom is -0.393 e. The molecule has 6 heteroatoms. The Hall–Kier alpha value is -1.56. The summed E-state index contributed by atoms with van der Waals surface area (Å²) in [4.78, 5) is 11.6. The Morgan fingerprint density at radius 2 is 2.47 bits per heavy atom. The third-order valence-corrected chi connectivity index (χ3v) is 3.15. The molecule has 0 aliphatic heterocycles. The molecule has 17 heavy (non-hydrogen) atoms. The molecule has 1 saturated carbocycles. The van der Waals surface area contributed by atoms with Crippen LogP contribution >= 0.6 is 0 Å². The lowest BCUT2D eigenvalue weighted by Gasteiger charge is -2.14. The summed E-state index contributed by atoms with van der Waals surface area (Å²) in [6.45, 7) is 0.705. The fraction of sp³-hybridized carbons (Fsp3) is 0.636. The summed E-state index contributed by atoms with van der Waals surface area (Å²) in [5.74, 6) is 0.498. The Labute approximate surface area is 99.8 Å². The maximum Gasteiger partial charge on any atom is 0.241 e. The average molecular weight is 238 g/mol. The number of hydrogen-bond donors (Lipinski definition) is 3. The van der Waals surface area contributed by atoms with E-state index in [9.17, 15) is 9.90 Å². The van der Waals surface area contributed by atoms with E-state index in [0.717, 1.165) is 19.3 Å². The topological polar surface area (TPSA) is 93.2 Å². The largest absolute Gasteiger partial charge is 0.393 e. The van der Waals surface area contributed by atoms with Crippen LogP contribution < -0.4 is 11.1 Å². The van der Waals surface area contributed by atoms with Crippen molar-refractivity contribution in [3.05, 3.63) is 12.3 Å². The molecule has 1 aromatic rings. The van der Waals surface area contributed by atoms with Crippen molar-refractivity contribution in [3.8, 4) is 0 Å². The van der Waals surface area contributed by atoms with E-state index in [1.165, 1.54) is 4.68 Å². The van der Waals surface area contributed by atoms with Gasteiger partial charge in [0.2, 0.25) is 5.91 Å². The lowest BCUT2D eigenvalue weighted by atomic mass is 10.1. The molecule has 2 rings (SSSR count). The number of nitrogens with two attached hydrogens (primary N) is 1. The van der Waals surface area contributed by atoms with Crippen LogP contribution in [0, 0.1) is 5.92 Å². The summed E-state index contributed by atoms with van der Waals surface area (Å²) in [5, 5.41) is 16.4. The summed E-state index contributed by atoms with van der Waals surface area (Å²) < 4.78 is 1.50. The van der Waals surface area contributed by atoms with E-state index in [4.69, 9.17) is 5.73 Å². The van der Waals surface area contributed by atoms with E-state index >= 15 is 0 Å². The second kappa shape index (κ2) is 5.18. The number of hydrogen-bond acceptors (Lipinski definition) is 4. The third kappa shape index (κ3) is 3.20. The number of amides is 1. The van der Waals surface area contributed by atoms with Crippen LogP contribution in [0.5, 0.6) is 0 Å². The van der Waals surface area contributed by atoms with Crippen LogP contribution in [0.1, 0.15) is 19.3 Å². The first-order valence-corrected chi connectivity index (χ1v) is 5.89. The monoisotopic (exact) mass is 238 g/mol. The highest BCUT2D eigenvalue weighted by atomic mass is 16.3. The molecular weight excluding hydrogens is 220 g/mol. The van der Waals surface area contributed by atoms with Crippen LogP contribution in [0.25, 0.3) is 0 Å².